The number of rotatable bonds is 2. The van der Waals surface area contributed by atoms with Crippen LogP contribution in [0.4, 0.5) is 0 Å². The van der Waals surface area contributed by atoms with Crippen molar-refractivity contribution in [3.8, 4) is 0 Å². The highest BCUT2D eigenvalue weighted by molar-refractivity contribution is 5.69. The highest BCUT2D eigenvalue weighted by Gasteiger charge is 2.44. The van der Waals surface area contributed by atoms with Crippen molar-refractivity contribution in [2.24, 2.45) is 17.8 Å². The van der Waals surface area contributed by atoms with Crippen LogP contribution in [0, 0.1) is 17.8 Å². The van der Waals surface area contributed by atoms with Crippen LogP contribution in [0.3, 0.4) is 0 Å². The zero-order valence-corrected chi connectivity index (χ0v) is 7.38. The lowest BCUT2D eigenvalue weighted by atomic mass is 9.65. The second-order valence-electron chi connectivity index (χ2n) is 3.86. The summed E-state index contributed by atoms with van der Waals surface area (Å²) in [6.45, 7) is 2.26. The fourth-order valence-electron chi connectivity index (χ4n) is 2.46. The van der Waals surface area contributed by atoms with Gasteiger partial charge in [0.25, 0.3) is 0 Å². The minimum atomic E-state index is -0.0506. The standard InChI is InChI=1S/C9H15NO2/c1-12-9(11)3-6-2-7-4-10-5-8(6)7/h6-8,10H,2-5H2,1H3. The van der Waals surface area contributed by atoms with Gasteiger partial charge < -0.3 is 10.1 Å². The van der Waals surface area contributed by atoms with Crippen LogP contribution in [0.15, 0.2) is 0 Å². The predicted molar refractivity (Wildman–Crippen MR) is 44.6 cm³/mol. The highest BCUT2D eigenvalue weighted by Crippen LogP contribution is 2.44. The first-order chi connectivity index (χ1) is 5.81. The molecule has 68 valence electrons. The fourth-order valence-corrected chi connectivity index (χ4v) is 2.46. The van der Waals surface area contributed by atoms with Crippen LogP contribution < -0.4 is 5.32 Å². The van der Waals surface area contributed by atoms with Gasteiger partial charge in [0.2, 0.25) is 0 Å². The summed E-state index contributed by atoms with van der Waals surface area (Å²) in [5, 5.41) is 3.35. The Morgan fingerprint density at radius 2 is 2.42 bits per heavy atom. The van der Waals surface area contributed by atoms with Gasteiger partial charge >= 0.3 is 5.97 Å². The van der Waals surface area contributed by atoms with E-state index in [1.54, 1.807) is 0 Å². The SMILES string of the molecule is COC(=O)CC1CC2CNCC21. The Bertz CT molecular complexity index is 193. The van der Waals surface area contributed by atoms with Gasteiger partial charge in [-0.1, -0.05) is 0 Å². The van der Waals surface area contributed by atoms with Crippen LogP contribution in [0.25, 0.3) is 0 Å². The zero-order valence-electron chi connectivity index (χ0n) is 7.38. The number of nitrogens with one attached hydrogen (secondary N) is 1. The van der Waals surface area contributed by atoms with Crippen molar-refractivity contribution < 1.29 is 9.53 Å². The van der Waals surface area contributed by atoms with E-state index in [2.05, 4.69) is 10.1 Å². The maximum Gasteiger partial charge on any atom is 0.305 e. The minimum absolute atomic E-state index is 0.0506. The molecule has 2 aliphatic rings. The van der Waals surface area contributed by atoms with Crippen molar-refractivity contribution in [3.05, 3.63) is 0 Å². The van der Waals surface area contributed by atoms with Crippen molar-refractivity contribution in [3.63, 3.8) is 0 Å². The normalized spacial score (nSPS) is 38.6. The predicted octanol–water partition coefficient (Wildman–Crippen LogP) is 0.405. The molecule has 1 saturated heterocycles. The fraction of sp³-hybridized carbons (Fsp3) is 0.889. The van der Waals surface area contributed by atoms with Crippen LogP contribution >= 0.6 is 0 Å². The lowest BCUT2D eigenvalue weighted by Crippen LogP contribution is -2.37. The summed E-state index contributed by atoms with van der Waals surface area (Å²) in [4.78, 5) is 11.0. The Labute approximate surface area is 72.5 Å². The van der Waals surface area contributed by atoms with Gasteiger partial charge in [-0.05, 0) is 37.3 Å². The molecule has 0 aromatic carbocycles. The van der Waals surface area contributed by atoms with Gasteiger partial charge in [0.15, 0.2) is 0 Å². The molecule has 1 aliphatic carbocycles. The van der Waals surface area contributed by atoms with Crippen LogP contribution in [0.5, 0.6) is 0 Å². The van der Waals surface area contributed by atoms with Gasteiger partial charge in [-0.25, -0.2) is 0 Å². The molecule has 3 nitrogen and oxygen atoms in total. The molecule has 0 radical (unpaired) electrons. The third kappa shape index (κ3) is 1.22. The Hall–Kier alpha value is -0.570. The average molecular weight is 169 g/mol. The average Bonchev–Trinajstić information content (AvgIpc) is 2.42. The number of ether oxygens (including phenoxy) is 1. The van der Waals surface area contributed by atoms with Crippen LogP contribution in [-0.4, -0.2) is 26.2 Å². The molecule has 0 aromatic heterocycles. The monoisotopic (exact) mass is 169 g/mol. The summed E-state index contributed by atoms with van der Waals surface area (Å²) in [5.74, 6) is 2.14. The molecule has 0 amide bonds. The van der Waals surface area contributed by atoms with Gasteiger partial charge in [-0.3, -0.25) is 4.79 Å². The second kappa shape index (κ2) is 3.05. The Balaban J connectivity index is 1.80. The van der Waals surface area contributed by atoms with E-state index in [4.69, 9.17) is 0 Å². The van der Waals surface area contributed by atoms with Gasteiger partial charge in [0.05, 0.1) is 7.11 Å². The zero-order chi connectivity index (χ0) is 8.55. The molecule has 1 heterocycles. The minimum Gasteiger partial charge on any atom is -0.469 e. The summed E-state index contributed by atoms with van der Waals surface area (Å²) in [7, 11) is 1.46. The summed E-state index contributed by atoms with van der Waals surface area (Å²) in [5.41, 5.74) is 0. The lowest BCUT2D eigenvalue weighted by molar-refractivity contribution is -0.143. The second-order valence-corrected chi connectivity index (χ2v) is 3.86. The number of carbonyl (C=O) groups excluding carboxylic acids is 1. The van der Waals surface area contributed by atoms with Crippen LogP contribution in [-0.2, 0) is 9.53 Å². The first-order valence-corrected chi connectivity index (χ1v) is 4.59. The maximum atomic E-state index is 11.0. The van der Waals surface area contributed by atoms with E-state index in [9.17, 15) is 4.79 Å². The van der Waals surface area contributed by atoms with Crippen molar-refractivity contribution in [1.29, 1.82) is 0 Å². The van der Waals surface area contributed by atoms with Gasteiger partial charge in [-0.2, -0.15) is 0 Å². The molecule has 3 heteroatoms. The molecular formula is C9H15NO2. The third-order valence-electron chi connectivity index (χ3n) is 3.26. The maximum absolute atomic E-state index is 11.0. The molecule has 12 heavy (non-hydrogen) atoms. The van der Waals surface area contributed by atoms with E-state index < -0.39 is 0 Å². The molecule has 3 unspecified atom stereocenters. The largest absolute Gasteiger partial charge is 0.469 e. The summed E-state index contributed by atoms with van der Waals surface area (Å²) < 4.78 is 4.65. The van der Waals surface area contributed by atoms with E-state index >= 15 is 0 Å². The van der Waals surface area contributed by atoms with E-state index in [1.165, 1.54) is 13.5 Å². The smallest absolute Gasteiger partial charge is 0.305 e. The molecule has 1 saturated carbocycles. The summed E-state index contributed by atoms with van der Waals surface area (Å²) in [6.07, 6.45) is 1.84. The number of fused-ring (bicyclic) bond motifs is 1. The topological polar surface area (TPSA) is 38.3 Å². The number of hydrogen-bond acceptors (Lipinski definition) is 3. The number of carbonyl (C=O) groups is 1. The molecule has 2 rings (SSSR count). The quantitative estimate of drug-likeness (QED) is 0.608. The summed E-state index contributed by atoms with van der Waals surface area (Å²) in [6, 6.07) is 0. The Morgan fingerprint density at radius 1 is 1.58 bits per heavy atom. The van der Waals surface area contributed by atoms with Gasteiger partial charge in [0.1, 0.15) is 0 Å². The number of hydrogen-bond donors (Lipinski definition) is 1. The van der Waals surface area contributed by atoms with Crippen molar-refractivity contribution >= 4 is 5.97 Å². The molecule has 1 N–H and O–H groups in total. The van der Waals surface area contributed by atoms with E-state index in [1.807, 2.05) is 0 Å². The van der Waals surface area contributed by atoms with Gasteiger partial charge in [0, 0.05) is 6.42 Å². The van der Waals surface area contributed by atoms with E-state index in [0.29, 0.717) is 12.3 Å². The molecule has 0 spiro atoms. The Morgan fingerprint density at radius 3 is 3.08 bits per heavy atom. The summed E-state index contributed by atoms with van der Waals surface area (Å²) >= 11 is 0. The molecule has 2 fully saturated rings. The van der Waals surface area contributed by atoms with E-state index in [0.717, 1.165) is 24.9 Å². The lowest BCUT2D eigenvalue weighted by Gasteiger charge is -2.38. The van der Waals surface area contributed by atoms with Gasteiger partial charge in [-0.15, -0.1) is 0 Å². The van der Waals surface area contributed by atoms with Crippen LogP contribution in [0.1, 0.15) is 12.8 Å². The first-order valence-electron chi connectivity index (χ1n) is 4.59. The highest BCUT2D eigenvalue weighted by atomic mass is 16.5. The van der Waals surface area contributed by atoms with Crippen molar-refractivity contribution in [2.45, 2.75) is 12.8 Å². The van der Waals surface area contributed by atoms with Crippen LogP contribution in [0.2, 0.25) is 0 Å². The van der Waals surface area contributed by atoms with Crippen molar-refractivity contribution in [2.75, 3.05) is 20.2 Å². The third-order valence-corrected chi connectivity index (χ3v) is 3.26. The number of esters is 1. The first kappa shape index (κ1) is 8.05. The number of methoxy groups -OCH3 is 1. The molecule has 1 aliphatic heterocycles. The Kier molecular flexibility index (Phi) is 2.05. The van der Waals surface area contributed by atoms with Crippen molar-refractivity contribution in [1.82, 2.24) is 5.32 Å². The van der Waals surface area contributed by atoms with E-state index in [-0.39, 0.29) is 5.97 Å². The molecular weight excluding hydrogens is 154 g/mol. The molecule has 3 atom stereocenters. The molecule has 0 bridgehead atoms. The molecule has 0 aromatic rings.